The average Bonchev–Trinajstić information content (AvgIpc) is 3.05. The highest BCUT2D eigenvalue weighted by atomic mass is 16.5. The summed E-state index contributed by atoms with van der Waals surface area (Å²) in [6.07, 6.45) is 2.74. The zero-order chi connectivity index (χ0) is 20.6. The van der Waals surface area contributed by atoms with Crippen molar-refractivity contribution in [2.45, 2.75) is 25.6 Å². The van der Waals surface area contributed by atoms with Gasteiger partial charge in [0, 0.05) is 18.4 Å². The van der Waals surface area contributed by atoms with Crippen LogP contribution in [0.4, 0.5) is 5.69 Å². The summed E-state index contributed by atoms with van der Waals surface area (Å²) < 4.78 is 11.1. The lowest BCUT2D eigenvalue weighted by molar-refractivity contribution is -0.142. The fourth-order valence-corrected chi connectivity index (χ4v) is 3.76. The Labute approximate surface area is 169 Å². The zero-order valence-corrected chi connectivity index (χ0v) is 16.6. The minimum absolute atomic E-state index is 0.379. The number of hydrogen-bond donors (Lipinski definition) is 2. The fraction of sp³-hybridized carbons (Fsp3) is 0.208. The largest absolute Gasteiger partial charge is 0.462 e. The van der Waals surface area contributed by atoms with Gasteiger partial charge in [0.25, 0.3) is 5.91 Å². The highest BCUT2D eigenvalue weighted by Crippen LogP contribution is 2.42. The first-order chi connectivity index (χ1) is 13.9. The fourth-order valence-electron chi connectivity index (χ4n) is 3.76. The maximum absolute atomic E-state index is 12.6. The number of methoxy groups -OCH3 is 1. The number of benzene rings is 2. The lowest BCUT2D eigenvalue weighted by atomic mass is 9.77. The summed E-state index contributed by atoms with van der Waals surface area (Å²) >= 11 is 0. The van der Waals surface area contributed by atoms with E-state index in [1.54, 1.807) is 18.2 Å². The van der Waals surface area contributed by atoms with Crippen molar-refractivity contribution < 1.29 is 19.1 Å². The van der Waals surface area contributed by atoms with Crippen molar-refractivity contribution in [3.63, 3.8) is 0 Å². The van der Waals surface area contributed by atoms with E-state index in [9.17, 15) is 9.90 Å². The Morgan fingerprint density at radius 3 is 2.52 bits per heavy atom. The van der Waals surface area contributed by atoms with Crippen LogP contribution >= 0.6 is 0 Å². The highest BCUT2D eigenvalue weighted by molar-refractivity contribution is 6.00. The van der Waals surface area contributed by atoms with Crippen LogP contribution in [0.1, 0.15) is 33.8 Å². The molecule has 1 aliphatic heterocycles. The monoisotopic (exact) mass is 389 g/mol. The molecular weight excluding hydrogens is 366 g/mol. The number of aliphatic hydroxyl groups is 1. The van der Waals surface area contributed by atoms with Crippen LogP contribution in [0.2, 0.25) is 0 Å². The first-order valence-electron chi connectivity index (χ1n) is 9.44. The lowest BCUT2D eigenvalue weighted by Gasteiger charge is -2.40. The molecule has 0 spiro atoms. The molecule has 3 aromatic rings. The van der Waals surface area contributed by atoms with Crippen LogP contribution in [-0.4, -0.2) is 24.2 Å². The smallest absolute Gasteiger partial charge is 0.257 e. The molecule has 0 bridgehead atoms. The van der Waals surface area contributed by atoms with Crippen LogP contribution in [0.25, 0.3) is 12.2 Å². The van der Waals surface area contributed by atoms with Crippen LogP contribution in [0.3, 0.4) is 0 Å². The molecule has 0 saturated heterocycles. The number of hydrogen-bond acceptors (Lipinski definition) is 4. The van der Waals surface area contributed by atoms with Crippen molar-refractivity contribution in [2.75, 3.05) is 12.4 Å². The molecule has 0 radical (unpaired) electrons. The molecule has 148 valence electrons. The summed E-state index contributed by atoms with van der Waals surface area (Å²) in [5.41, 5.74) is 2.12. The van der Waals surface area contributed by atoms with Gasteiger partial charge in [0.05, 0.1) is 0 Å². The van der Waals surface area contributed by atoms with Gasteiger partial charge in [0.1, 0.15) is 11.5 Å². The van der Waals surface area contributed by atoms with Gasteiger partial charge in [0.15, 0.2) is 11.7 Å². The molecule has 1 aromatic heterocycles. The van der Waals surface area contributed by atoms with Crippen LogP contribution in [0.15, 0.2) is 59.0 Å². The van der Waals surface area contributed by atoms with Gasteiger partial charge in [-0.1, -0.05) is 42.5 Å². The van der Waals surface area contributed by atoms with E-state index in [2.05, 4.69) is 5.32 Å². The lowest BCUT2D eigenvalue weighted by Crippen LogP contribution is -2.52. The predicted octanol–water partition coefficient (Wildman–Crippen LogP) is 4.27. The number of fused-ring (bicyclic) bond motifs is 1. The molecule has 0 saturated carbocycles. The van der Waals surface area contributed by atoms with Gasteiger partial charge in [-0.25, -0.2) is 0 Å². The number of carbonyl (C=O) groups is 1. The van der Waals surface area contributed by atoms with E-state index < -0.39 is 11.7 Å². The van der Waals surface area contributed by atoms with Gasteiger partial charge >= 0.3 is 0 Å². The minimum atomic E-state index is -1.60. The van der Waals surface area contributed by atoms with Crippen molar-refractivity contribution in [3.8, 4) is 0 Å². The molecule has 0 aliphatic carbocycles. The van der Waals surface area contributed by atoms with Gasteiger partial charge in [-0.15, -0.1) is 0 Å². The summed E-state index contributed by atoms with van der Waals surface area (Å²) in [7, 11) is 1.43. The summed E-state index contributed by atoms with van der Waals surface area (Å²) in [5, 5.41) is 14.6. The summed E-state index contributed by atoms with van der Waals surface area (Å²) in [4.78, 5) is 12.6. The van der Waals surface area contributed by atoms with E-state index in [-0.39, 0.29) is 5.91 Å². The third-order valence-electron chi connectivity index (χ3n) is 5.40. The van der Waals surface area contributed by atoms with Crippen LogP contribution < -0.4 is 5.32 Å². The Hall–Kier alpha value is -3.15. The van der Waals surface area contributed by atoms with Crippen molar-refractivity contribution in [2.24, 2.45) is 0 Å². The van der Waals surface area contributed by atoms with Crippen molar-refractivity contribution in [1.82, 2.24) is 0 Å². The second-order valence-corrected chi connectivity index (χ2v) is 7.26. The van der Waals surface area contributed by atoms with Crippen LogP contribution in [0.5, 0.6) is 0 Å². The zero-order valence-electron chi connectivity index (χ0n) is 16.6. The average molecular weight is 389 g/mol. The molecule has 29 heavy (non-hydrogen) atoms. The van der Waals surface area contributed by atoms with E-state index in [1.807, 2.05) is 62.4 Å². The molecule has 2 aromatic carbocycles. The molecule has 2 heterocycles. The third kappa shape index (κ3) is 3.28. The number of anilines is 1. The number of ether oxygens (including phenoxy) is 1. The summed E-state index contributed by atoms with van der Waals surface area (Å²) in [6, 6.07) is 16.7. The number of amides is 1. The van der Waals surface area contributed by atoms with Gasteiger partial charge in [-0.2, -0.15) is 0 Å². The van der Waals surface area contributed by atoms with Crippen LogP contribution in [-0.2, 0) is 15.1 Å². The molecule has 0 fully saturated rings. The second kappa shape index (κ2) is 7.35. The molecule has 4 rings (SSSR count). The summed E-state index contributed by atoms with van der Waals surface area (Å²) in [6.45, 7) is 3.93. The van der Waals surface area contributed by atoms with Gasteiger partial charge < -0.3 is 19.6 Å². The normalized spacial score (nSPS) is 21.2. The molecule has 2 N–H and O–H groups in total. The Bertz CT molecular complexity index is 1060. The number of aryl methyl sites for hydroxylation is 2. The first kappa shape index (κ1) is 19.2. The van der Waals surface area contributed by atoms with E-state index in [0.29, 0.717) is 16.8 Å². The van der Waals surface area contributed by atoms with Gasteiger partial charge in [0.2, 0.25) is 0 Å². The predicted molar refractivity (Wildman–Crippen MR) is 112 cm³/mol. The number of furan rings is 1. The first-order valence-corrected chi connectivity index (χ1v) is 9.44. The molecule has 1 amide bonds. The Balaban J connectivity index is 1.80. The Morgan fingerprint density at radius 2 is 1.86 bits per heavy atom. The minimum Gasteiger partial charge on any atom is -0.462 e. The standard InChI is InChI=1S/C24H23NO4/c1-15-13-19(29-16(15)2)11-9-17-10-12-21-20(14-17)24(27,18-7-5-4-6-8-18)22(28-3)23(26)25-21/h4-14,22,27H,1-3H3,(H,25,26)/b11-9+. The topological polar surface area (TPSA) is 71.7 Å². The SMILES string of the molecule is COC1C(=O)Nc2ccc(/C=C/c3cc(C)c(C)o3)cc2C1(O)c1ccccc1. The third-order valence-corrected chi connectivity index (χ3v) is 5.40. The number of carbonyl (C=O) groups excluding carboxylic acids is 1. The van der Waals surface area contributed by atoms with Crippen molar-refractivity contribution >= 4 is 23.7 Å². The second-order valence-electron chi connectivity index (χ2n) is 7.26. The Kier molecular flexibility index (Phi) is 4.86. The molecule has 2 atom stereocenters. The maximum atomic E-state index is 12.6. The summed E-state index contributed by atoms with van der Waals surface area (Å²) in [5.74, 6) is 1.27. The van der Waals surface area contributed by atoms with Crippen molar-refractivity contribution in [1.29, 1.82) is 0 Å². The van der Waals surface area contributed by atoms with E-state index in [0.717, 1.165) is 22.6 Å². The van der Waals surface area contributed by atoms with E-state index >= 15 is 0 Å². The molecular formula is C24H23NO4. The van der Waals surface area contributed by atoms with E-state index in [1.165, 1.54) is 7.11 Å². The number of nitrogens with one attached hydrogen (secondary N) is 1. The van der Waals surface area contributed by atoms with Gasteiger partial charge in [-0.3, -0.25) is 4.79 Å². The number of rotatable bonds is 4. The van der Waals surface area contributed by atoms with Gasteiger partial charge in [-0.05, 0) is 54.8 Å². The van der Waals surface area contributed by atoms with Crippen LogP contribution in [0, 0.1) is 13.8 Å². The van der Waals surface area contributed by atoms with Crippen molar-refractivity contribution in [3.05, 3.63) is 88.4 Å². The maximum Gasteiger partial charge on any atom is 0.257 e. The molecule has 1 aliphatic rings. The molecule has 5 heteroatoms. The van der Waals surface area contributed by atoms with E-state index in [4.69, 9.17) is 9.15 Å². The Morgan fingerprint density at radius 1 is 1.10 bits per heavy atom. The molecule has 5 nitrogen and oxygen atoms in total. The quantitative estimate of drug-likeness (QED) is 0.699. The molecule has 2 unspecified atom stereocenters. The highest BCUT2D eigenvalue weighted by Gasteiger charge is 2.49.